The third-order valence-electron chi connectivity index (χ3n) is 5.99. The van der Waals surface area contributed by atoms with Crippen molar-refractivity contribution >= 4 is 17.7 Å². The largest absolute Gasteiger partial charge is 0.468 e. The number of alkyl halides is 3. The molecule has 1 heterocycles. The molecule has 0 fully saturated rings. The van der Waals surface area contributed by atoms with Gasteiger partial charge in [-0.3, -0.25) is 9.79 Å². The molecule has 35 heavy (non-hydrogen) atoms. The molecule has 2 unspecified atom stereocenters. The van der Waals surface area contributed by atoms with Gasteiger partial charge < -0.3 is 9.47 Å². The fourth-order valence-electron chi connectivity index (χ4n) is 4.47. The number of allylic oxidation sites excluding steroid dienone is 1. The molecule has 0 saturated heterocycles. The Hall–Kier alpha value is -3.42. The molecule has 0 radical (unpaired) electrons. The van der Waals surface area contributed by atoms with Crippen LogP contribution in [0.15, 0.2) is 70.9 Å². The summed E-state index contributed by atoms with van der Waals surface area (Å²) < 4.78 is 52.2. The Bertz CT molecular complexity index is 1120. The first-order valence-corrected chi connectivity index (χ1v) is 11.4. The average Bonchev–Trinajstić information content (AvgIpc) is 2.83. The zero-order valence-corrected chi connectivity index (χ0v) is 19.9. The van der Waals surface area contributed by atoms with Crippen LogP contribution < -0.4 is 0 Å². The minimum Gasteiger partial charge on any atom is -0.468 e. The van der Waals surface area contributed by atoms with E-state index in [4.69, 9.17) is 9.47 Å². The van der Waals surface area contributed by atoms with E-state index in [1.807, 2.05) is 30.3 Å². The molecule has 0 N–H and O–H groups in total. The van der Waals surface area contributed by atoms with Crippen LogP contribution in [-0.4, -0.2) is 31.4 Å². The summed E-state index contributed by atoms with van der Waals surface area (Å²) in [6, 6.07) is 14.7. The quantitative estimate of drug-likeness (QED) is 0.436. The SMILES string of the molecule is CCOC(=O)C1=C(CCCc2ccccc2)N=C(C)C(C(=O)OC)C1c1ccccc1C(F)(F)F. The third kappa shape index (κ3) is 5.99. The van der Waals surface area contributed by atoms with Crippen molar-refractivity contribution in [3.8, 4) is 0 Å². The van der Waals surface area contributed by atoms with Gasteiger partial charge in [-0.15, -0.1) is 0 Å². The predicted octanol–water partition coefficient (Wildman–Crippen LogP) is 5.89. The van der Waals surface area contributed by atoms with Gasteiger partial charge in [0, 0.05) is 11.6 Å². The molecule has 0 bridgehead atoms. The Labute approximate surface area is 202 Å². The molecule has 2 aromatic carbocycles. The second-order valence-corrected chi connectivity index (χ2v) is 8.24. The van der Waals surface area contributed by atoms with Crippen LogP contribution >= 0.6 is 0 Å². The van der Waals surface area contributed by atoms with Crippen LogP contribution in [0.4, 0.5) is 13.2 Å². The van der Waals surface area contributed by atoms with Gasteiger partial charge >= 0.3 is 18.1 Å². The van der Waals surface area contributed by atoms with E-state index in [0.29, 0.717) is 30.7 Å². The number of ether oxygens (including phenoxy) is 2. The first-order chi connectivity index (χ1) is 16.7. The number of carbonyl (C=O) groups excluding carboxylic acids is 2. The molecule has 2 atom stereocenters. The molecule has 1 aliphatic rings. The molecular weight excluding hydrogens is 459 g/mol. The number of nitrogens with zero attached hydrogens (tertiary/aromatic N) is 1. The lowest BCUT2D eigenvalue weighted by molar-refractivity contribution is -0.145. The molecule has 0 aromatic heterocycles. The standard InChI is InChI=1S/C27H28F3NO4/c1-4-35-26(33)24-21(16-10-13-18-11-6-5-7-12-18)31-17(2)22(25(32)34-3)23(24)19-14-8-9-15-20(19)27(28,29)30/h5-9,11-12,14-15,22-23H,4,10,13,16H2,1-3H3. The maximum Gasteiger partial charge on any atom is 0.416 e. The van der Waals surface area contributed by atoms with E-state index in [-0.39, 0.29) is 17.7 Å². The number of esters is 2. The number of hydrogen-bond acceptors (Lipinski definition) is 5. The van der Waals surface area contributed by atoms with Crippen LogP contribution in [0.3, 0.4) is 0 Å². The summed E-state index contributed by atoms with van der Waals surface area (Å²) in [5.41, 5.74) is 0.583. The molecule has 0 spiro atoms. The maximum atomic E-state index is 14.0. The second-order valence-electron chi connectivity index (χ2n) is 8.24. The van der Waals surface area contributed by atoms with Crippen LogP contribution in [0.25, 0.3) is 0 Å². The van der Waals surface area contributed by atoms with E-state index in [2.05, 4.69) is 4.99 Å². The van der Waals surface area contributed by atoms with E-state index in [0.717, 1.165) is 18.7 Å². The van der Waals surface area contributed by atoms with Gasteiger partial charge in [0.25, 0.3) is 0 Å². The first kappa shape index (κ1) is 26.2. The zero-order chi connectivity index (χ0) is 25.6. The van der Waals surface area contributed by atoms with Gasteiger partial charge in [-0.25, -0.2) is 4.79 Å². The minimum absolute atomic E-state index is 0.0266. The molecule has 0 amide bonds. The van der Waals surface area contributed by atoms with Crippen LogP contribution in [-0.2, 0) is 31.7 Å². The highest BCUT2D eigenvalue weighted by molar-refractivity contribution is 6.07. The summed E-state index contributed by atoms with van der Waals surface area (Å²) in [5.74, 6) is -3.99. The fraction of sp³-hybridized carbons (Fsp3) is 0.370. The van der Waals surface area contributed by atoms with Crippen molar-refractivity contribution in [2.24, 2.45) is 10.9 Å². The van der Waals surface area contributed by atoms with Gasteiger partial charge in [-0.1, -0.05) is 48.5 Å². The minimum atomic E-state index is -4.69. The van der Waals surface area contributed by atoms with Gasteiger partial charge in [0.15, 0.2) is 0 Å². The van der Waals surface area contributed by atoms with Crippen LogP contribution in [0.1, 0.15) is 49.3 Å². The van der Waals surface area contributed by atoms with E-state index >= 15 is 0 Å². The summed E-state index contributed by atoms with van der Waals surface area (Å²) in [6.45, 7) is 3.21. The van der Waals surface area contributed by atoms with Crippen molar-refractivity contribution in [1.82, 2.24) is 0 Å². The third-order valence-corrected chi connectivity index (χ3v) is 5.99. The number of halogens is 3. The Kier molecular flexibility index (Phi) is 8.48. The molecule has 0 aliphatic carbocycles. The predicted molar refractivity (Wildman–Crippen MR) is 126 cm³/mol. The number of aryl methyl sites for hydroxylation is 1. The number of methoxy groups -OCH3 is 1. The van der Waals surface area contributed by atoms with Gasteiger partial charge in [0.1, 0.15) is 5.92 Å². The lowest BCUT2D eigenvalue weighted by atomic mass is 9.73. The van der Waals surface area contributed by atoms with Crippen molar-refractivity contribution in [2.75, 3.05) is 13.7 Å². The van der Waals surface area contributed by atoms with Gasteiger partial charge in [-0.2, -0.15) is 13.2 Å². The van der Waals surface area contributed by atoms with Crippen LogP contribution in [0.2, 0.25) is 0 Å². The molecule has 2 aromatic rings. The fourth-order valence-corrected chi connectivity index (χ4v) is 4.47. The van der Waals surface area contributed by atoms with E-state index < -0.39 is 35.5 Å². The number of aliphatic imine (C=N–C) groups is 1. The monoisotopic (exact) mass is 487 g/mol. The summed E-state index contributed by atoms with van der Waals surface area (Å²) in [7, 11) is 1.16. The average molecular weight is 488 g/mol. The highest BCUT2D eigenvalue weighted by atomic mass is 19.4. The second kappa shape index (κ2) is 11.3. The summed E-state index contributed by atoms with van der Waals surface area (Å²) >= 11 is 0. The van der Waals surface area contributed by atoms with Crippen LogP contribution in [0.5, 0.6) is 0 Å². The molecule has 0 saturated carbocycles. The van der Waals surface area contributed by atoms with Crippen molar-refractivity contribution < 1.29 is 32.2 Å². The van der Waals surface area contributed by atoms with Gasteiger partial charge in [0.05, 0.1) is 30.6 Å². The van der Waals surface area contributed by atoms with Crippen molar-refractivity contribution in [3.63, 3.8) is 0 Å². The molecule has 1 aliphatic heterocycles. The maximum absolute atomic E-state index is 14.0. The normalized spacial score (nSPS) is 18.2. The van der Waals surface area contributed by atoms with Crippen molar-refractivity contribution in [2.45, 2.75) is 45.2 Å². The molecular formula is C27H28F3NO4. The van der Waals surface area contributed by atoms with E-state index in [9.17, 15) is 22.8 Å². The van der Waals surface area contributed by atoms with Gasteiger partial charge in [0.2, 0.25) is 0 Å². The smallest absolute Gasteiger partial charge is 0.416 e. The molecule has 186 valence electrons. The molecule has 3 rings (SSSR count). The number of hydrogen-bond donors (Lipinski definition) is 0. The van der Waals surface area contributed by atoms with E-state index in [1.165, 1.54) is 18.2 Å². The Morgan fingerprint density at radius 3 is 2.29 bits per heavy atom. The summed E-state index contributed by atoms with van der Waals surface area (Å²) in [4.78, 5) is 30.5. The topological polar surface area (TPSA) is 65.0 Å². The van der Waals surface area contributed by atoms with Crippen LogP contribution in [0, 0.1) is 5.92 Å². The number of benzene rings is 2. The first-order valence-electron chi connectivity index (χ1n) is 11.4. The van der Waals surface area contributed by atoms with Crippen molar-refractivity contribution in [1.29, 1.82) is 0 Å². The van der Waals surface area contributed by atoms with E-state index in [1.54, 1.807) is 13.8 Å². The number of carbonyl (C=O) groups is 2. The summed E-state index contributed by atoms with van der Waals surface area (Å²) in [5, 5.41) is 0. The lowest BCUT2D eigenvalue weighted by Crippen LogP contribution is -2.37. The lowest BCUT2D eigenvalue weighted by Gasteiger charge is -2.33. The molecule has 5 nitrogen and oxygen atoms in total. The zero-order valence-electron chi connectivity index (χ0n) is 19.9. The number of rotatable bonds is 8. The highest BCUT2D eigenvalue weighted by Gasteiger charge is 2.46. The Morgan fingerprint density at radius 1 is 1.00 bits per heavy atom. The summed E-state index contributed by atoms with van der Waals surface area (Å²) in [6.07, 6.45) is -3.05. The Balaban J connectivity index is 2.15. The van der Waals surface area contributed by atoms with Crippen molar-refractivity contribution in [3.05, 3.63) is 82.6 Å². The Morgan fingerprint density at radius 2 is 1.66 bits per heavy atom. The van der Waals surface area contributed by atoms with Gasteiger partial charge in [-0.05, 0) is 50.3 Å². The highest BCUT2D eigenvalue weighted by Crippen LogP contribution is 2.45. The molecule has 8 heteroatoms.